The number of aromatic amines is 1. The second-order valence-electron chi connectivity index (χ2n) is 4.06. The summed E-state index contributed by atoms with van der Waals surface area (Å²) in [4.78, 5) is 7.87. The molecule has 72 valence electrons. The number of nitrogens with one attached hydrogen (secondary N) is 1. The van der Waals surface area contributed by atoms with Crippen LogP contribution >= 0.6 is 0 Å². The molecule has 0 amide bonds. The number of H-pyrrole nitrogens is 1. The zero-order chi connectivity index (χ0) is 9.47. The number of nitrogens with zero attached hydrogens (tertiary/aromatic N) is 1. The molecule has 1 aliphatic heterocycles. The molecule has 0 aliphatic carbocycles. The van der Waals surface area contributed by atoms with Gasteiger partial charge >= 0.3 is 0 Å². The Bertz CT molecular complexity index is 315. The quantitative estimate of drug-likeness (QED) is 0.757. The lowest BCUT2D eigenvalue weighted by Gasteiger charge is -2.15. The van der Waals surface area contributed by atoms with Gasteiger partial charge in [0.05, 0.1) is 18.0 Å². The van der Waals surface area contributed by atoms with E-state index in [9.17, 15) is 0 Å². The Morgan fingerprint density at radius 3 is 2.92 bits per heavy atom. The van der Waals surface area contributed by atoms with Gasteiger partial charge in [-0.05, 0) is 20.3 Å². The van der Waals surface area contributed by atoms with Crippen LogP contribution in [0, 0.1) is 0 Å². The fraction of sp³-hybridized carbons (Fsp3) is 0.700. The molecule has 0 unspecified atom stereocenters. The van der Waals surface area contributed by atoms with E-state index in [-0.39, 0.29) is 5.60 Å². The Labute approximate surface area is 78.5 Å². The summed E-state index contributed by atoms with van der Waals surface area (Å²) in [6, 6.07) is 0. The molecular weight excluding hydrogens is 164 g/mol. The Kier molecular flexibility index (Phi) is 1.91. The van der Waals surface area contributed by atoms with Gasteiger partial charge in [-0.2, -0.15) is 0 Å². The minimum Gasteiger partial charge on any atom is -0.363 e. The predicted molar refractivity (Wildman–Crippen MR) is 50.4 cm³/mol. The van der Waals surface area contributed by atoms with Crippen LogP contribution in [0.1, 0.15) is 44.4 Å². The molecule has 3 nitrogen and oxygen atoms in total. The van der Waals surface area contributed by atoms with Gasteiger partial charge in [-0.25, -0.2) is 4.98 Å². The van der Waals surface area contributed by atoms with Crippen molar-refractivity contribution in [2.24, 2.45) is 0 Å². The predicted octanol–water partition coefficient (Wildman–Crippen LogP) is 2.13. The van der Waals surface area contributed by atoms with Crippen LogP contribution < -0.4 is 0 Å². The van der Waals surface area contributed by atoms with Crippen LogP contribution in [-0.2, 0) is 23.4 Å². The molecule has 0 bridgehead atoms. The van der Waals surface area contributed by atoms with Crippen molar-refractivity contribution in [1.82, 2.24) is 9.97 Å². The fourth-order valence-corrected chi connectivity index (χ4v) is 1.74. The van der Waals surface area contributed by atoms with E-state index < -0.39 is 0 Å². The molecule has 13 heavy (non-hydrogen) atoms. The molecule has 0 fully saturated rings. The third-order valence-corrected chi connectivity index (χ3v) is 2.46. The van der Waals surface area contributed by atoms with Gasteiger partial charge in [-0.3, -0.25) is 0 Å². The van der Waals surface area contributed by atoms with Crippen LogP contribution in [0.25, 0.3) is 0 Å². The van der Waals surface area contributed by atoms with Crippen molar-refractivity contribution in [2.45, 2.75) is 45.8 Å². The first-order valence-corrected chi connectivity index (χ1v) is 4.85. The molecule has 1 aliphatic rings. The fourth-order valence-electron chi connectivity index (χ4n) is 1.74. The minimum atomic E-state index is -0.197. The smallest absolute Gasteiger partial charge is 0.107 e. The highest BCUT2D eigenvalue weighted by atomic mass is 16.5. The van der Waals surface area contributed by atoms with E-state index in [2.05, 4.69) is 30.7 Å². The lowest BCUT2D eigenvalue weighted by molar-refractivity contribution is -0.0115. The molecule has 0 aromatic carbocycles. The van der Waals surface area contributed by atoms with Gasteiger partial charge in [0.15, 0.2) is 0 Å². The maximum Gasteiger partial charge on any atom is 0.107 e. The second-order valence-corrected chi connectivity index (χ2v) is 4.06. The van der Waals surface area contributed by atoms with Gasteiger partial charge < -0.3 is 9.72 Å². The first-order valence-electron chi connectivity index (χ1n) is 4.85. The number of ether oxygens (including phenoxy) is 1. The van der Waals surface area contributed by atoms with Gasteiger partial charge in [-0.1, -0.05) is 6.92 Å². The molecule has 1 aromatic heterocycles. The molecule has 2 rings (SSSR count). The normalized spacial score (nSPS) is 19.0. The third-order valence-electron chi connectivity index (χ3n) is 2.46. The van der Waals surface area contributed by atoms with Crippen LogP contribution in [0.15, 0.2) is 0 Å². The maximum absolute atomic E-state index is 5.59. The van der Waals surface area contributed by atoms with Crippen molar-refractivity contribution in [3.63, 3.8) is 0 Å². The number of aromatic nitrogens is 2. The van der Waals surface area contributed by atoms with Crippen LogP contribution in [0.4, 0.5) is 0 Å². The molecule has 0 spiro atoms. The zero-order valence-corrected chi connectivity index (χ0v) is 8.48. The Balaban J connectivity index is 2.31. The van der Waals surface area contributed by atoms with E-state index in [1.54, 1.807) is 0 Å². The standard InChI is InChI=1S/C10H16N2O/c1-4-5-8-11-7-6-13-10(2,3)9(7)12-8/h4-6H2,1-3H3,(H,11,12). The van der Waals surface area contributed by atoms with Crippen molar-refractivity contribution >= 4 is 0 Å². The Morgan fingerprint density at radius 1 is 1.54 bits per heavy atom. The highest BCUT2D eigenvalue weighted by Crippen LogP contribution is 2.33. The van der Waals surface area contributed by atoms with Crippen molar-refractivity contribution in [3.05, 3.63) is 17.2 Å². The highest BCUT2D eigenvalue weighted by molar-refractivity contribution is 5.23. The number of aryl methyl sites for hydroxylation is 1. The van der Waals surface area contributed by atoms with Gasteiger partial charge in [0, 0.05) is 6.42 Å². The number of hydrogen-bond acceptors (Lipinski definition) is 2. The zero-order valence-electron chi connectivity index (χ0n) is 8.48. The van der Waals surface area contributed by atoms with Gasteiger partial charge in [0.2, 0.25) is 0 Å². The SMILES string of the molecule is CCCc1nc2c([nH]1)COC2(C)C. The number of imidazole rings is 1. The van der Waals surface area contributed by atoms with Crippen molar-refractivity contribution in [2.75, 3.05) is 0 Å². The largest absolute Gasteiger partial charge is 0.363 e. The Morgan fingerprint density at radius 2 is 2.31 bits per heavy atom. The average molecular weight is 180 g/mol. The Hall–Kier alpha value is -0.830. The molecule has 1 N–H and O–H groups in total. The summed E-state index contributed by atoms with van der Waals surface area (Å²) in [5.74, 6) is 1.10. The summed E-state index contributed by atoms with van der Waals surface area (Å²) in [7, 11) is 0. The third kappa shape index (κ3) is 1.37. The molecular formula is C10H16N2O. The van der Waals surface area contributed by atoms with Crippen molar-refractivity contribution in [3.8, 4) is 0 Å². The summed E-state index contributed by atoms with van der Waals surface area (Å²) in [5, 5.41) is 0. The lowest BCUT2D eigenvalue weighted by atomic mass is 10.1. The van der Waals surface area contributed by atoms with Crippen molar-refractivity contribution < 1.29 is 4.74 Å². The van der Waals surface area contributed by atoms with Crippen LogP contribution in [-0.4, -0.2) is 9.97 Å². The first kappa shape index (κ1) is 8.75. The van der Waals surface area contributed by atoms with E-state index >= 15 is 0 Å². The second kappa shape index (κ2) is 2.84. The van der Waals surface area contributed by atoms with Gasteiger partial charge in [0.25, 0.3) is 0 Å². The molecule has 1 aromatic rings. The first-order chi connectivity index (χ1) is 6.13. The average Bonchev–Trinajstić information content (AvgIpc) is 2.55. The molecule has 0 saturated heterocycles. The van der Waals surface area contributed by atoms with E-state index in [1.165, 1.54) is 0 Å². The van der Waals surface area contributed by atoms with Crippen LogP contribution in [0.2, 0.25) is 0 Å². The summed E-state index contributed by atoms with van der Waals surface area (Å²) in [5.41, 5.74) is 2.06. The van der Waals surface area contributed by atoms with Crippen LogP contribution in [0.3, 0.4) is 0 Å². The molecule has 0 atom stereocenters. The topological polar surface area (TPSA) is 37.9 Å². The van der Waals surface area contributed by atoms with Crippen molar-refractivity contribution in [1.29, 1.82) is 0 Å². The van der Waals surface area contributed by atoms with Gasteiger partial charge in [-0.15, -0.1) is 0 Å². The van der Waals surface area contributed by atoms with Gasteiger partial charge in [0.1, 0.15) is 11.4 Å². The number of rotatable bonds is 2. The molecule has 0 radical (unpaired) electrons. The van der Waals surface area contributed by atoms with E-state index in [4.69, 9.17) is 4.74 Å². The molecule has 2 heterocycles. The molecule has 0 saturated carbocycles. The highest BCUT2D eigenvalue weighted by Gasteiger charge is 2.34. The summed E-state index contributed by atoms with van der Waals surface area (Å²) in [6.07, 6.45) is 2.16. The van der Waals surface area contributed by atoms with E-state index in [1.807, 2.05) is 0 Å². The maximum atomic E-state index is 5.59. The molecule has 3 heteroatoms. The summed E-state index contributed by atoms with van der Waals surface area (Å²) < 4.78 is 5.59. The monoisotopic (exact) mass is 180 g/mol. The van der Waals surface area contributed by atoms with Crippen LogP contribution in [0.5, 0.6) is 0 Å². The summed E-state index contributed by atoms with van der Waals surface area (Å²) >= 11 is 0. The number of fused-ring (bicyclic) bond motifs is 1. The number of hydrogen-bond donors (Lipinski definition) is 1. The minimum absolute atomic E-state index is 0.197. The van der Waals surface area contributed by atoms with E-state index in [0.717, 1.165) is 30.1 Å². The van der Waals surface area contributed by atoms with E-state index in [0.29, 0.717) is 6.61 Å². The summed E-state index contributed by atoms with van der Waals surface area (Å²) in [6.45, 7) is 6.97. The lowest BCUT2D eigenvalue weighted by Crippen LogP contribution is -2.15.